The third kappa shape index (κ3) is 3.77. The van der Waals surface area contributed by atoms with E-state index in [1.165, 1.54) is 24.9 Å². The zero-order valence-corrected chi connectivity index (χ0v) is 13.4. The molecule has 1 atom stereocenters. The second-order valence-corrected chi connectivity index (χ2v) is 6.22. The maximum absolute atomic E-state index is 10.8. The number of pyridine rings is 1. The molecule has 0 bridgehead atoms. The molecule has 0 amide bonds. The molecule has 4 nitrogen and oxygen atoms in total. The summed E-state index contributed by atoms with van der Waals surface area (Å²) >= 11 is 0. The van der Waals surface area contributed by atoms with Crippen molar-refractivity contribution < 1.29 is 9.90 Å². The van der Waals surface area contributed by atoms with Crippen LogP contribution < -0.4 is 0 Å². The summed E-state index contributed by atoms with van der Waals surface area (Å²) in [5.41, 5.74) is 3.85. The molecule has 2 aromatic rings. The summed E-state index contributed by atoms with van der Waals surface area (Å²) in [5.74, 6) is -0.884. The summed E-state index contributed by atoms with van der Waals surface area (Å²) < 4.78 is 0. The average Bonchev–Trinajstić information content (AvgIpc) is 3.00. The highest BCUT2D eigenvalue weighted by Crippen LogP contribution is 2.29. The summed E-state index contributed by atoms with van der Waals surface area (Å²) in [5, 5.41) is 8.90. The minimum atomic E-state index is -0.884. The van der Waals surface area contributed by atoms with Gasteiger partial charge in [0.15, 0.2) is 0 Å². The van der Waals surface area contributed by atoms with E-state index >= 15 is 0 Å². The van der Waals surface area contributed by atoms with Gasteiger partial charge >= 0.3 is 5.97 Å². The number of nitrogens with zero attached hydrogens (tertiary/aromatic N) is 2. The van der Waals surface area contributed by atoms with Crippen LogP contribution in [0.25, 0.3) is 0 Å². The van der Waals surface area contributed by atoms with E-state index in [4.69, 9.17) is 5.11 Å². The fraction of sp³-hybridized carbons (Fsp3) is 0.368. The normalized spacial score (nSPS) is 18.2. The number of carbonyl (C=O) groups is 1. The van der Waals surface area contributed by atoms with Crippen molar-refractivity contribution in [3.05, 3.63) is 65.0 Å². The van der Waals surface area contributed by atoms with E-state index in [0.717, 1.165) is 24.1 Å². The molecule has 1 aromatic heterocycles. The smallest absolute Gasteiger partial charge is 0.335 e. The number of carboxylic acid groups (broad SMARTS) is 1. The lowest BCUT2D eigenvalue weighted by Gasteiger charge is -2.19. The number of aromatic nitrogens is 1. The molecule has 4 heteroatoms. The van der Waals surface area contributed by atoms with Crippen LogP contribution in [0.2, 0.25) is 0 Å². The van der Waals surface area contributed by atoms with Crippen LogP contribution in [-0.4, -0.2) is 34.6 Å². The van der Waals surface area contributed by atoms with Crippen LogP contribution in [0.1, 0.15) is 46.1 Å². The molecule has 23 heavy (non-hydrogen) atoms. The van der Waals surface area contributed by atoms with Gasteiger partial charge in [-0.25, -0.2) is 4.79 Å². The molecule has 0 spiro atoms. The standard InChI is InChI=1S/C19H22N2O2/c1-21-12-2-3-18(21)16-9-11-17(20-13-16)10-6-14-4-7-15(8-5-14)19(22)23/h4-5,7-9,11,13,18H,2-3,6,10,12H2,1H3,(H,22,23). The number of hydrogen-bond donors (Lipinski definition) is 1. The van der Waals surface area contributed by atoms with Gasteiger partial charge in [-0.2, -0.15) is 0 Å². The average molecular weight is 310 g/mol. The monoisotopic (exact) mass is 310 g/mol. The first-order chi connectivity index (χ1) is 11.1. The fourth-order valence-electron chi connectivity index (χ4n) is 3.20. The number of carboxylic acids is 1. The van der Waals surface area contributed by atoms with E-state index in [2.05, 4.69) is 29.1 Å². The van der Waals surface area contributed by atoms with Crippen LogP contribution in [0.15, 0.2) is 42.6 Å². The highest BCUT2D eigenvalue weighted by Gasteiger charge is 2.22. The van der Waals surface area contributed by atoms with Crippen LogP contribution in [0.4, 0.5) is 0 Å². The highest BCUT2D eigenvalue weighted by molar-refractivity contribution is 5.87. The zero-order valence-electron chi connectivity index (χ0n) is 13.4. The Kier molecular flexibility index (Phi) is 4.72. The lowest BCUT2D eigenvalue weighted by molar-refractivity contribution is 0.0697. The molecule has 1 aliphatic rings. The van der Waals surface area contributed by atoms with E-state index in [-0.39, 0.29) is 0 Å². The molecular weight excluding hydrogens is 288 g/mol. The molecule has 0 saturated carbocycles. The van der Waals surface area contributed by atoms with Gasteiger partial charge in [0.1, 0.15) is 0 Å². The van der Waals surface area contributed by atoms with Gasteiger partial charge in [-0.15, -0.1) is 0 Å². The van der Waals surface area contributed by atoms with Gasteiger partial charge in [0.05, 0.1) is 5.56 Å². The van der Waals surface area contributed by atoms with Gasteiger partial charge in [-0.1, -0.05) is 18.2 Å². The summed E-state index contributed by atoms with van der Waals surface area (Å²) in [4.78, 5) is 17.8. The van der Waals surface area contributed by atoms with E-state index in [0.29, 0.717) is 11.6 Å². The van der Waals surface area contributed by atoms with Crippen molar-refractivity contribution in [3.63, 3.8) is 0 Å². The first-order valence-corrected chi connectivity index (χ1v) is 8.11. The number of hydrogen-bond acceptors (Lipinski definition) is 3. The molecule has 0 aliphatic carbocycles. The van der Waals surface area contributed by atoms with E-state index < -0.39 is 5.97 Å². The number of rotatable bonds is 5. The van der Waals surface area contributed by atoms with Crippen molar-refractivity contribution >= 4 is 5.97 Å². The quantitative estimate of drug-likeness (QED) is 0.920. The van der Waals surface area contributed by atoms with E-state index in [1.54, 1.807) is 12.1 Å². The molecule has 0 radical (unpaired) electrons. The van der Waals surface area contributed by atoms with Crippen molar-refractivity contribution in [2.45, 2.75) is 31.7 Å². The molecule has 1 aliphatic heterocycles. The topological polar surface area (TPSA) is 53.4 Å². The van der Waals surface area contributed by atoms with Gasteiger partial charge < -0.3 is 5.11 Å². The van der Waals surface area contributed by atoms with Gasteiger partial charge in [0, 0.05) is 17.9 Å². The van der Waals surface area contributed by atoms with Crippen LogP contribution in [0.3, 0.4) is 0 Å². The molecule has 1 N–H and O–H groups in total. The molecule has 1 saturated heterocycles. The predicted octanol–water partition coefficient (Wildman–Crippen LogP) is 3.33. The Morgan fingerprint density at radius 1 is 1.22 bits per heavy atom. The number of likely N-dealkylation sites (tertiary alicyclic amines) is 1. The Hall–Kier alpha value is -2.20. The first-order valence-electron chi connectivity index (χ1n) is 8.11. The Labute approximate surface area is 136 Å². The lowest BCUT2D eigenvalue weighted by atomic mass is 10.0. The summed E-state index contributed by atoms with van der Waals surface area (Å²) in [7, 11) is 2.17. The van der Waals surface area contributed by atoms with E-state index in [1.807, 2.05) is 18.3 Å². The Balaban J connectivity index is 1.59. The summed E-state index contributed by atoms with van der Waals surface area (Å²) in [6.07, 6.45) is 6.22. The van der Waals surface area contributed by atoms with Crippen molar-refractivity contribution in [2.75, 3.05) is 13.6 Å². The maximum atomic E-state index is 10.8. The second-order valence-electron chi connectivity index (χ2n) is 6.22. The molecule has 1 aromatic carbocycles. The van der Waals surface area contributed by atoms with Crippen molar-refractivity contribution in [1.29, 1.82) is 0 Å². The van der Waals surface area contributed by atoms with Crippen molar-refractivity contribution in [2.24, 2.45) is 0 Å². The Morgan fingerprint density at radius 3 is 2.57 bits per heavy atom. The minimum Gasteiger partial charge on any atom is -0.478 e. The lowest BCUT2D eigenvalue weighted by Crippen LogP contribution is -2.17. The number of aryl methyl sites for hydroxylation is 2. The molecular formula is C19H22N2O2. The molecule has 2 heterocycles. The summed E-state index contributed by atoms with van der Waals surface area (Å²) in [6, 6.07) is 11.9. The van der Waals surface area contributed by atoms with Crippen molar-refractivity contribution in [3.8, 4) is 0 Å². The van der Waals surface area contributed by atoms with Crippen molar-refractivity contribution in [1.82, 2.24) is 9.88 Å². The number of benzene rings is 1. The zero-order chi connectivity index (χ0) is 16.2. The van der Waals surface area contributed by atoms with Gasteiger partial charge in [0.2, 0.25) is 0 Å². The fourth-order valence-corrected chi connectivity index (χ4v) is 3.20. The van der Waals surface area contributed by atoms with Gasteiger partial charge in [0.25, 0.3) is 0 Å². The third-order valence-electron chi connectivity index (χ3n) is 4.62. The predicted molar refractivity (Wildman–Crippen MR) is 89.7 cm³/mol. The van der Waals surface area contributed by atoms with Crippen LogP contribution in [0, 0.1) is 0 Å². The van der Waals surface area contributed by atoms with Gasteiger partial charge in [-0.05, 0) is 68.6 Å². The molecule has 1 fully saturated rings. The first kappa shape index (κ1) is 15.7. The van der Waals surface area contributed by atoms with Gasteiger partial charge in [-0.3, -0.25) is 9.88 Å². The highest BCUT2D eigenvalue weighted by atomic mass is 16.4. The maximum Gasteiger partial charge on any atom is 0.335 e. The largest absolute Gasteiger partial charge is 0.478 e. The Morgan fingerprint density at radius 2 is 2.00 bits per heavy atom. The minimum absolute atomic E-state index is 0.330. The van der Waals surface area contributed by atoms with Crippen LogP contribution in [0.5, 0.6) is 0 Å². The number of aromatic carboxylic acids is 1. The third-order valence-corrected chi connectivity index (χ3v) is 4.62. The van der Waals surface area contributed by atoms with Crippen LogP contribution >= 0.6 is 0 Å². The SMILES string of the molecule is CN1CCCC1c1ccc(CCc2ccc(C(=O)O)cc2)nc1. The Bertz CT molecular complexity index is 665. The van der Waals surface area contributed by atoms with E-state index in [9.17, 15) is 4.79 Å². The molecule has 120 valence electrons. The molecule has 3 rings (SSSR count). The molecule has 1 unspecified atom stereocenters. The van der Waals surface area contributed by atoms with Crippen LogP contribution in [-0.2, 0) is 12.8 Å². The second kappa shape index (κ2) is 6.92. The summed E-state index contributed by atoms with van der Waals surface area (Å²) in [6.45, 7) is 1.17.